The summed E-state index contributed by atoms with van der Waals surface area (Å²) >= 11 is 0. The first-order valence-electron chi connectivity index (χ1n) is 10.5. The maximum Gasteiger partial charge on any atom is 0.261 e. The molecule has 0 heterocycles. The summed E-state index contributed by atoms with van der Waals surface area (Å²) in [6.07, 6.45) is 0. The lowest BCUT2D eigenvalue weighted by atomic mass is 10.1. The Bertz CT molecular complexity index is 1300. The predicted octanol–water partition coefficient (Wildman–Crippen LogP) is 4.04. The molecule has 0 radical (unpaired) electrons. The molecule has 3 aromatic rings. The molecular formula is C25H27N3O5S. The molecule has 0 unspecified atom stereocenters. The Balaban J connectivity index is 1.80. The number of nitrogens with one attached hydrogen (secondary N) is 2. The van der Waals surface area contributed by atoms with Gasteiger partial charge in [-0.25, -0.2) is 8.42 Å². The van der Waals surface area contributed by atoms with Crippen LogP contribution in [0.2, 0.25) is 0 Å². The van der Waals surface area contributed by atoms with E-state index in [2.05, 4.69) is 10.0 Å². The van der Waals surface area contributed by atoms with Gasteiger partial charge >= 0.3 is 0 Å². The van der Waals surface area contributed by atoms with E-state index in [1.807, 2.05) is 6.07 Å². The zero-order valence-electron chi connectivity index (χ0n) is 19.5. The SMILES string of the molecule is COc1ccc(NS(=O)(=O)c2ccc(C)c(C(=O)Nc3cccc(CN(C)C(C)=O)c3)c2)cc1. The Morgan fingerprint density at radius 2 is 1.68 bits per heavy atom. The van der Waals surface area contributed by atoms with Crippen LogP contribution in [0.4, 0.5) is 11.4 Å². The van der Waals surface area contributed by atoms with Crippen molar-refractivity contribution in [2.75, 3.05) is 24.2 Å². The van der Waals surface area contributed by atoms with Crippen molar-refractivity contribution in [1.82, 2.24) is 4.90 Å². The van der Waals surface area contributed by atoms with Crippen LogP contribution in [0.1, 0.15) is 28.4 Å². The van der Waals surface area contributed by atoms with Crippen molar-refractivity contribution in [2.45, 2.75) is 25.3 Å². The molecule has 0 aliphatic heterocycles. The van der Waals surface area contributed by atoms with Crippen molar-refractivity contribution in [3.63, 3.8) is 0 Å². The number of aryl methyl sites for hydroxylation is 1. The molecule has 9 heteroatoms. The Morgan fingerprint density at radius 3 is 2.32 bits per heavy atom. The number of ether oxygens (including phenoxy) is 1. The Labute approximate surface area is 199 Å². The van der Waals surface area contributed by atoms with Crippen LogP contribution < -0.4 is 14.8 Å². The van der Waals surface area contributed by atoms with E-state index >= 15 is 0 Å². The standard InChI is InChI=1S/C25H27N3O5S/c1-17-8-13-23(34(31,32)27-20-9-11-22(33-4)12-10-20)15-24(17)25(30)26-21-7-5-6-19(14-21)16-28(3)18(2)29/h5-15,27H,16H2,1-4H3,(H,26,30). The van der Waals surface area contributed by atoms with E-state index < -0.39 is 15.9 Å². The van der Waals surface area contributed by atoms with Crippen LogP contribution in [0, 0.1) is 6.92 Å². The normalized spacial score (nSPS) is 10.9. The van der Waals surface area contributed by atoms with E-state index in [9.17, 15) is 18.0 Å². The summed E-state index contributed by atoms with van der Waals surface area (Å²) in [5.41, 5.74) is 2.65. The average molecular weight is 482 g/mol. The second-order valence-electron chi connectivity index (χ2n) is 7.84. The van der Waals surface area contributed by atoms with Crippen molar-refractivity contribution in [3.8, 4) is 5.75 Å². The van der Waals surface area contributed by atoms with Crippen molar-refractivity contribution in [3.05, 3.63) is 83.4 Å². The van der Waals surface area contributed by atoms with Crippen LogP contribution in [-0.4, -0.2) is 39.3 Å². The van der Waals surface area contributed by atoms with E-state index in [1.54, 1.807) is 67.4 Å². The summed E-state index contributed by atoms with van der Waals surface area (Å²) in [7, 11) is -0.691. The van der Waals surface area contributed by atoms with Crippen LogP contribution >= 0.6 is 0 Å². The van der Waals surface area contributed by atoms with Gasteiger partial charge in [-0.15, -0.1) is 0 Å². The number of benzene rings is 3. The third-order valence-electron chi connectivity index (χ3n) is 5.25. The average Bonchev–Trinajstić information content (AvgIpc) is 2.79. The Kier molecular flexibility index (Phi) is 7.57. The number of methoxy groups -OCH3 is 1. The summed E-state index contributed by atoms with van der Waals surface area (Å²) in [5.74, 6) is 0.108. The minimum absolute atomic E-state index is 0.0316. The molecule has 3 aromatic carbocycles. The zero-order chi connectivity index (χ0) is 24.9. The maximum atomic E-state index is 13.0. The number of carbonyl (C=O) groups is 2. The van der Waals surface area contributed by atoms with Gasteiger partial charge in [0.05, 0.1) is 12.0 Å². The van der Waals surface area contributed by atoms with E-state index in [0.717, 1.165) is 5.56 Å². The quantitative estimate of drug-likeness (QED) is 0.505. The minimum Gasteiger partial charge on any atom is -0.497 e. The number of anilines is 2. The molecule has 0 saturated heterocycles. The fourth-order valence-corrected chi connectivity index (χ4v) is 4.30. The van der Waals surface area contributed by atoms with Gasteiger partial charge in [0.25, 0.3) is 15.9 Å². The lowest BCUT2D eigenvalue weighted by Crippen LogP contribution is -2.23. The van der Waals surface area contributed by atoms with Crippen LogP contribution in [-0.2, 0) is 21.4 Å². The van der Waals surface area contributed by atoms with E-state index in [4.69, 9.17) is 4.74 Å². The monoisotopic (exact) mass is 481 g/mol. The highest BCUT2D eigenvalue weighted by molar-refractivity contribution is 7.92. The van der Waals surface area contributed by atoms with Gasteiger partial charge in [-0.05, 0) is 66.6 Å². The number of nitrogens with zero attached hydrogens (tertiary/aromatic N) is 1. The number of carbonyl (C=O) groups excluding carboxylic acids is 2. The van der Waals surface area contributed by atoms with Gasteiger partial charge in [0, 0.05) is 37.5 Å². The molecule has 0 fully saturated rings. The maximum absolute atomic E-state index is 13.0. The van der Waals surface area contributed by atoms with Crippen molar-refractivity contribution >= 4 is 33.2 Å². The summed E-state index contributed by atoms with van der Waals surface area (Å²) in [6.45, 7) is 3.63. The number of hydrogen-bond donors (Lipinski definition) is 2. The van der Waals surface area contributed by atoms with Crippen LogP contribution in [0.25, 0.3) is 0 Å². The van der Waals surface area contributed by atoms with Gasteiger partial charge < -0.3 is 15.0 Å². The molecule has 34 heavy (non-hydrogen) atoms. The smallest absolute Gasteiger partial charge is 0.261 e. The Morgan fingerprint density at radius 1 is 0.971 bits per heavy atom. The van der Waals surface area contributed by atoms with E-state index in [1.165, 1.54) is 26.2 Å². The first kappa shape index (κ1) is 24.8. The first-order valence-corrected chi connectivity index (χ1v) is 12.0. The predicted molar refractivity (Wildman–Crippen MR) is 132 cm³/mol. The van der Waals surface area contributed by atoms with Gasteiger partial charge in [0.15, 0.2) is 0 Å². The topological polar surface area (TPSA) is 105 Å². The summed E-state index contributed by atoms with van der Waals surface area (Å²) in [5, 5.41) is 2.81. The van der Waals surface area contributed by atoms with Crippen LogP contribution in [0.3, 0.4) is 0 Å². The van der Waals surface area contributed by atoms with Gasteiger partial charge in [0.2, 0.25) is 5.91 Å². The van der Waals surface area contributed by atoms with Gasteiger partial charge in [-0.1, -0.05) is 18.2 Å². The second kappa shape index (κ2) is 10.4. The highest BCUT2D eigenvalue weighted by Gasteiger charge is 2.19. The van der Waals surface area contributed by atoms with E-state index in [-0.39, 0.29) is 16.4 Å². The zero-order valence-corrected chi connectivity index (χ0v) is 20.3. The Hall–Kier alpha value is -3.85. The number of sulfonamides is 1. The molecule has 0 bridgehead atoms. The largest absolute Gasteiger partial charge is 0.497 e. The van der Waals surface area contributed by atoms with Gasteiger partial charge in [0.1, 0.15) is 5.75 Å². The summed E-state index contributed by atoms with van der Waals surface area (Å²) in [4.78, 5) is 26.0. The van der Waals surface area contributed by atoms with Crippen molar-refractivity contribution < 1.29 is 22.7 Å². The van der Waals surface area contributed by atoms with Crippen molar-refractivity contribution in [2.24, 2.45) is 0 Å². The lowest BCUT2D eigenvalue weighted by Gasteiger charge is -2.16. The van der Waals surface area contributed by atoms with Gasteiger partial charge in [-0.2, -0.15) is 0 Å². The molecule has 0 aliphatic rings. The minimum atomic E-state index is -3.92. The molecular weight excluding hydrogens is 454 g/mol. The second-order valence-corrected chi connectivity index (χ2v) is 9.52. The molecule has 2 N–H and O–H groups in total. The molecule has 0 spiro atoms. The summed E-state index contributed by atoms with van der Waals surface area (Å²) < 4.78 is 33.4. The fraction of sp³-hybridized carbons (Fsp3) is 0.200. The number of amides is 2. The molecule has 0 saturated carbocycles. The van der Waals surface area contributed by atoms with Crippen molar-refractivity contribution in [1.29, 1.82) is 0 Å². The molecule has 178 valence electrons. The highest BCUT2D eigenvalue weighted by Crippen LogP contribution is 2.22. The van der Waals surface area contributed by atoms with Crippen LogP contribution in [0.15, 0.2) is 71.6 Å². The highest BCUT2D eigenvalue weighted by atomic mass is 32.2. The lowest BCUT2D eigenvalue weighted by molar-refractivity contribution is -0.128. The molecule has 0 aromatic heterocycles. The van der Waals surface area contributed by atoms with Gasteiger partial charge in [-0.3, -0.25) is 14.3 Å². The van der Waals surface area contributed by atoms with E-state index in [0.29, 0.717) is 29.2 Å². The molecule has 3 rings (SSSR count). The molecule has 0 aliphatic carbocycles. The fourth-order valence-electron chi connectivity index (χ4n) is 3.22. The molecule has 8 nitrogen and oxygen atoms in total. The molecule has 2 amide bonds. The van der Waals surface area contributed by atoms with Crippen LogP contribution in [0.5, 0.6) is 5.75 Å². The summed E-state index contributed by atoms with van der Waals surface area (Å²) in [6, 6.07) is 18.0. The first-order chi connectivity index (χ1) is 16.1. The third kappa shape index (κ3) is 6.14. The number of hydrogen-bond acceptors (Lipinski definition) is 5. The third-order valence-corrected chi connectivity index (χ3v) is 6.63. The number of rotatable bonds is 8. The molecule has 0 atom stereocenters.